The van der Waals surface area contributed by atoms with Crippen molar-refractivity contribution in [3.63, 3.8) is 0 Å². The van der Waals surface area contributed by atoms with Gasteiger partial charge >= 0.3 is 0 Å². The lowest BCUT2D eigenvalue weighted by Crippen LogP contribution is -2.40. The van der Waals surface area contributed by atoms with Crippen LogP contribution in [0.1, 0.15) is 11.1 Å². The normalized spacial score (nSPS) is 13.0. The van der Waals surface area contributed by atoms with Gasteiger partial charge in [0.05, 0.1) is 5.56 Å². The van der Waals surface area contributed by atoms with Gasteiger partial charge in [0.1, 0.15) is 12.3 Å². The van der Waals surface area contributed by atoms with Crippen molar-refractivity contribution < 1.29 is 14.2 Å². The Morgan fingerprint density at radius 3 is 2.62 bits per heavy atom. The van der Waals surface area contributed by atoms with E-state index < -0.39 is 0 Å². The fraction of sp³-hybridized carbons (Fsp3) is 0.125. The van der Waals surface area contributed by atoms with E-state index in [9.17, 15) is 4.79 Å². The number of amides is 1. The highest BCUT2D eigenvalue weighted by Gasteiger charge is 2.25. The number of amidine groups is 1. The second kappa shape index (κ2) is 5.66. The van der Waals surface area contributed by atoms with Gasteiger partial charge in [-0.1, -0.05) is 36.4 Å². The largest absolute Gasteiger partial charge is 0.484 e. The van der Waals surface area contributed by atoms with E-state index in [1.165, 1.54) is 0 Å². The fourth-order valence-electron chi connectivity index (χ4n) is 2.26. The Morgan fingerprint density at radius 1 is 1.14 bits per heavy atom. The first-order valence-corrected chi connectivity index (χ1v) is 6.69. The fourth-order valence-corrected chi connectivity index (χ4v) is 2.26. The number of nitrogens with two attached hydrogens (primary N) is 1. The number of ether oxygens (including phenoxy) is 1. The number of hydrazine groups is 1. The molecule has 0 bridgehead atoms. The zero-order valence-electron chi connectivity index (χ0n) is 11.5. The van der Waals surface area contributed by atoms with Crippen molar-refractivity contribution >= 4 is 11.7 Å². The van der Waals surface area contributed by atoms with E-state index in [4.69, 9.17) is 10.5 Å². The third kappa shape index (κ3) is 2.86. The monoisotopic (exact) mass is 282 g/mol. The van der Waals surface area contributed by atoms with Crippen LogP contribution in [0.25, 0.3) is 0 Å². The number of nitrogens with zero attached hydrogens (tertiary/aromatic N) is 1. The predicted molar refractivity (Wildman–Crippen MR) is 78.8 cm³/mol. The number of hydrazone groups is 1. The Labute approximate surface area is 122 Å². The first-order chi connectivity index (χ1) is 10.2. The molecule has 0 spiro atoms. The summed E-state index contributed by atoms with van der Waals surface area (Å²) in [7, 11) is 0. The number of benzene rings is 2. The van der Waals surface area contributed by atoms with Gasteiger partial charge in [-0.05, 0) is 18.2 Å². The molecule has 106 valence electrons. The van der Waals surface area contributed by atoms with Crippen molar-refractivity contribution in [2.24, 2.45) is 5.73 Å². The van der Waals surface area contributed by atoms with Crippen molar-refractivity contribution in [3.05, 3.63) is 65.7 Å². The molecular weight excluding hydrogens is 266 g/mol. The Morgan fingerprint density at radius 2 is 1.86 bits per heavy atom. The molecule has 1 amide bonds. The standard InChI is InChI=1S/C16H15N3O2/c17-16-14-9-5-4-6-12(14)10-19(16)18-15(20)11-21-13-7-2-1-3-8-13/h1-9,17H,10-11H2,(H,18,20)/p+1. The Hall–Kier alpha value is -2.82. The van der Waals surface area contributed by atoms with E-state index in [1.54, 1.807) is 16.8 Å². The van der Waals surface area contributed by atoms with Gasteiger partial charge in [0, 0.05) is 5.56 Å². The molecule has 3 N–H and O–H groups in total. The lowest BCUT2D eigenvalue weighted by Gasteiger charge is -2.07. The highest BCUT2D eigenvalue weighted by molar-refractivity contribution is 5.96. The molecule has 2 aromatic rings. The van der Waals surface area contributed by atoms with Crippen LogP contribution >= 0.6 is 0 Å². The lowest BCUT2D eigenvalue weighted by atomic mass is 10.1. The van der Waals surface area contributed by atoms with E-state index in [2.05, 4.69) is 5.43 Å². The second-order valence-electron chi connectivity index (χ2n) is 4.77. The molecule has 0 atom stereocenters. The van der Waals surface area contributed by atoms with Gasteiger partial charge in [-0.2, -0.15) is 10.1 Å². The molecule has 5 heteroatoms. The number of para-hydroxylation sites is 1. The van der Waals surface area contributed by atoms with Crippen LogP contribution < -0.4 is 15.9 Å². The quantitative estimate of drug-likeness (QED) is 0.823. The lowest BCUT2D eigenvalue weighted by molar-refractivity contribution is -0.586. The average Bonchev–Trinajstić information content (AvgIpc) is 2.83. The van der Waals surface area contributed by atoms with Gasteiger partial charge in [-0.3, -0.25) is 10.5 Å². The number of hydrogen-bond acceptors (Lipinski definition) is 3. The molecule has 5 nitrogen and oxygen atoms in total. The number of fused-ring (bicyclic) bond motifs is 1. The molecule has 0 saturated carbocycles. The average molecular weight is 282 g/mol. The Bertz CT molecular complexity index is 696. The minimum absolute atomic E-state index is 0.0514. The first kappa shape index (κ1) is 13.2. The second-order valence-corrected chi connectivity index (χ2v) is 4.77. The maximum Gasteiger partial charge on any atom is 0.299 e. The van der Waals surface area contributed by atoms with Gasteiger partial charge in [0.2, 0.25) is 0 Å². The van der Waals surface area contributed by atoms with Crippen LogP contribution in [0.3, 0.4) is 0 Å². The number of hydrogen-bond donors (Lipinski definition) is 2. The number of rotatable bonds is 4. The summed E-state index contributed by atoms with van der Waals surface area (Å²) in [5, 5.41) is 0. The first-order valence-electron chi connectivity index (χ1n) is 6.69. The summed E-state index contributed by atoms with van der Waals surface area (Å²) in [6.45, 7) is 0.517. The summed E-state index contributed by atoms with van der Waals surface area (Å²) in [6, 6.07) is 17.0. The highest BCUT2D eigenvalue weighted by atomic mass is 16.5. The molecule has 2 aromatic carbocycles. The third-order valence-corrected chi connectivity index (χ3v) is 3.29. The van der Waals surface area contributed by atoms with E-state index in [0.717, 1.165) is 11.1 Å². The van der Waals surface area contributed by atoms with Crippen molar-refractivity contribution in [3.8, 4) is 5.75 Å². The molecule has 1 aliphatic rings. The van der Waals surface area contributed by atoms with Crippen LogP contribution in [0.4, 0.5) is 0 Å². The summed E-state index contributed by atoms with van der Waals surface area (Å²) < 4.78 is 7.04. The molecule has 1 heterocycles. The molecule has 3 rings (SSSR count). The minimum atomic E-state index is -0.241. The van der Waals surface area contributed by atoms with Gasteiger partial charge in [-0.25, -0.2) is 0 Å². The molecule has 0 unspecified atom stereocenters. The summed E-state index contributed by atoms with van der Waals surface area (Å²) in [6.07, 6.45) is 0. The smallest absolute Gasteiger partial charge is 0.299 e. The summed E-state index contributed by atoms with van der Waals surface area (Å²) in [5.41, 5.74) is 10.8. The summed E-state index contributed by atoms with van der Waals surface area (Å²) in [5.74, 6) is 0.975. The van der Waals surface area contributed by atoms with E-state index in [1.807, 2.05) is 42.5 Å². The van der Waals surface area contributed by atoms with Crippen LogP contribution in [0.2, 0.25) is 0 Å². The summed E-state index contributed by atoms with van der Waals surface area (Å²) in [4.78, 5) is 11.9. The molecular formula is C16H16N3O2+. The Kier molecular flexibility index (Phi) is 3.55. The molecule has 0 aliphatic carbocycles. The van der Waals surface area contributed by atoms with Gasteiger partial charge in [-0.15, -0.1) is 0 Å². The number of nitrogens with one attached hydrogen (secondary N) is 1. The molecule has 0 fully saturated rings. The van der Waals surface area contributed by atoms with Crippen molar-refractivity contribution in [1.29, 1.82) is 0 Å². The zero-order valence-corrected chi connectivity index (χ0v) is 11.5. The number of carbonyl (C=O) groups excluding carboxylic acids is 1. The maximum absolute atomic E-state index is 11.9. The predicted octanol–water partition coefficient (Wildman–Crippen LogP) is 1.03. The van der Waals surface area contributed by atoms with Crippen LogP contribution in [-0.4, -0.2) is 23.0 Å². The van der Waals surface area contributed by atoms with Crippen LogP contribution in [0.15, 0.2) is 54.6 Å². The zero-order chi connectivity index (χ0) is 14.7. The van der Waals surface area contributed by atoms with Crippen LogP contribution in [0, 0.1) is 0 Å². The van der Waals surface area contributed by atoms with E-state index >= 15 is 0 Å². The topological polar surface area (TPSA) is 67.4 Å². The third-order valence-electron chi connectivity index (χ3n) is 3.29. The minimum Gasteiger partial charge on any atom is -0.484 e. The molecule has 1 aliphatic heterocycles. The van der Waals surface area contributed by atoms with Crippen molar-refractivity contribution in [2.45, 2.75) is 6.54 Å². The molecule has 0 radical (unpaired) electrons. The maximum atomic E-state index is 11.9. The van der Waals surface area contributed by atoms with Gasteiger partial charge in [0.25, 0.3) is 11.7 Å². The van der Waals surface area contributed by atoms with Crippen LogP contribution in [0.5, 0.6) is 5.75 Å². The van der Waals surface area contributed by atoms with Crippen molar-refractivity contribution in [2.75, 3.05) is 6.61 Å². The van der Waals surface area contributed by atoms with E-state index in [-0.39, 0.29) is 12.5 Å². The highest BCUT2D eigenvalue weighted by Crippen LogP contribution is 2.14. The molecule has 0 aromatic heterocycles. The molecule has 0 saturated heterocycles. The van der Waals surface area contributed by atoms with Gasteiger partial charge in [0.15, 0.2) is 6.61 Å². The van der Waals surface area contributed by atoms with Crippen LogP contribution in [-0.2, 0) is 11.3 Å². The molecule has 21 heavy (non-hydrogen) atoms. The summed E-state index contributed by atoms with van der Waals surface area (Å²) >= 11 is 0. The SMILES string of the molecule is NC1=[N+](NC(=O)COc2ccccc2)Cc2ccccc21. The van der Waals surface area contributed by atoms with E-state index in [0.29, 0.717) is 18.1 Å². The number of carbonyl (C=O) groups is 1. The van der Waals surface area contributed by atoms with Gasteiger partial charge < -0.3 is 4.74 Å². The Balaban J connectivity index is 1.60. The van der Waals surface area contributed by atoms with Crippen molar-refractivity contribution in [1.82, 2.24) is 5.43 Å².